The molecule has 0 radical (unpaired) electrons. The SMILES string of the molecule is CC=CCC=C(C)C1=NC2N[N+](C)=CC2C(Cl)=N1. The number of hydrogen-bond donors (Lipinski definition) is 1. The minimum atomic E-state index is -0.0277. The van der Waals surface area contributed by atoms with Gasteiger partial charge in [0.25, 0.3) is 0 Å². The predicted octanol–water partition coefficient (Wildman–Crippen LogP) is 2.12. The molecule has 0 saturated heterocycles. The average molecular weight is 266 g/mol. The largest absolute Gasteiger partial charge is 0.234 e. The predicted molar refractivity (Wildman–Crippen MR) is 76.6 cm³/mol. The Morgan fingerprint density at radius 1 is 1.61 bits per heavy atom. The van der Waals surface area contributed by atoms with Crippen molar-refractivity contribution >= 4 is 28.8 Å². The second-order valence-electron chi connectivity index (χ2n) is 4.44. The molecule has 1 N–H and O–H groups in total. The maximum atomic E-state index is 6.21. The molecule has 0 aromatic carbocycles. The van der Waals surface area contributed by atoms with Crippen LogP contribution in [0.5, 0.6) is 0 Å². The molecule has 0 saturated carbocycles. The number of rotatable bonds is 3. The van der Waals surface area contributed by atoms with Crippen LogP contribution in [-0.4, -0.2) is 35.1 Å². The van der Waals surface area contributed by atoms with E-state index < -0.39 is 0 Å². The molecule has 0 fully saturated rings. The molecule has 2 rings (SSSR count). The van der Waals surface area contributed by atoms with E-state index in [2.05, 4.69) is 27.6 Å². The summed E-state index contributed by atoms with van der Waals surface area (Å²) in [5.74, 6) is 0.783. The highest BCUT2D eigenvalue weighted by atomic mass is 35.5. The van der Waals surface area contributed by atoms with Crippen molar-refractivity contribution in [2.24, 2.45) is 15.9 Å². The maximum absolute atomic E-state index is 6.21. The van der Waals surface area contributed by atoms with Crippen LogP contribution in [0.15, 0.2) is 33.8 Å². The highest BCUT2D eigenvalue weighted by Crippen LogP contribution is 2.20. The summed E-state index contributed by atoms with van der Waals surface area (Å²) < 4.78 is 1.89. The van der Waals surface area contributed by atoms with E-state index in [1.54, 1.807) is 0 Å². The molecule has 2 atom stereocenters. The standard InChI is InChI=1S/C13H18ClN4/c1-4-5-6-7-9(2)12-15-11(14)10-8-18(3)17-13(10)16-12/h4-5,7-8,10,13,17H,6H2,1-3H3/q+1. The fourth-order valence-corrected chi connectivity index (χ4v) is 2.21. The van der Waals surface area contributed by atoms with Crippen LogP contribution in [0.1, 0.15) is 20.3 Å². The van der Waals surface area contributed by atoms with Gasteiger partial charge in [-0.15, -0.1) is 4.68 Å². The van der Waals surface area contributed by atoms with E-state index in [1.165, 1.54) is 0 Å². The van der Waals surface area contributed by atoms with Gasteiger partial charge in [-0.2, -0.15) is 5.43 Å². The van der Waals surface area contributed by atoms with Crippen LogP contribution in [-0.2, 0) is 0 Å². The van der Waals surface area contributed by atoms with Crippen molar-refractivity contribution in [3.8, 4) is 0 Å². The maximum Gasteiger partial charge on any atom is 0.190 e. The Labute approximate surface area is 112 Å². The van der Waals surface area contributed by atoms with Gasteiger partial charge >= 0.3 is 0 Å². The van der Waals surface area contributed by atoms with Gasteiger partial charge in [0.05, 0.1) is 0 Å². The number of amidine groups is 1. The number of hydrazone groups is 1. The van der Waals surface area contributed by atoms with Gasteiger partial charge in [-0.3, -0.25) is 0 Å². The van der Waals surface area contributed by atoms with Gasteiger partial charge in [-0.05, 0) is 25.8 Å². The second-order valence-corrected chi connectivity index (χ2v) is 4.83. The third-order valence-electron chi connectivity index (χ3n) is 2.96. The van der Waals surface area contributed by atoms with Crippen molar-refractivity contribution < 1.29 is 4.68 Å². The highest BCUT2D eigenvalue weighted by molar-refractivity contribution is 6.68. The lowest BCUT2D eigenvalue weighted by atomic mass is 10.1. The molecule has 5 heteroatoms. The smallest absolute Gasteiger partial charge is 0.190 e. The number of aliphatic imine (C=N–C) groups is 2. The monoisotopic (exact) mass is 265 g/mol. The lowest BCUT2D eigenvalue weighted by molar-refractivity contribution is -0.551. The molecule has 0 aliphatic carbocycles. The Balaban J connectivity index is 2.17. The van der Waals surface area contributed by atoms with Gasteiger partial charge in [0.15, 0.2) is 25.3 Å². The highest BCUT2D eigenvalue weighted by Gasteiger charge is 2.37. The molecule has 0 aromatic rings. The van der Waals surface area contributed by atoms with Crippen LogP contribution in [0.4, 0.5) is 0 Å². The number of hydrazine groups is 1. The summed E-state index contributed by atoms with van der Waals surface area (Å²) in [5, 5.41) is 0.598. The zero-order chi connectivity index (χ0) is 13.1. The minimum Gasteiger partial charge on any atom is -0.234 e. The number of halogens is 1. The first-order chi connectivity index (χ1) is 8.61. The second kappa shape index (κ2) is 5.48. The van der Waals surface area contributed by atoms with Crippen LogP contribution in [0.25, 0.3) is 0 Å². The molecule has 0 spiro atoms. The third-order valence-corrected chi connectivity index (χ3v) is 3.29. The Hall–Kier alpha value is -1.42. The Bertz CT molecular complexity index is 485. The molecule has 2 aliphatic heterocycles. The van der Waals surface area contributed by atoms with Gasteiger partial charge < -0.3 is 0 Å². The quantitative estimate of drug-likeness (QED) is 0.616. The zero-order valence-corrected chi connectivity index (χ0v) is 11.6. The third kappa shape index (κ3) is 2.70. The van der Waals surface area contributed by atoms with Crippen molar-refractivity contribution in [1.29, 1.82) is 0 Å². The first kappa shape index (κ1) is 13.0. The van der Waals surface area contributed by atoms with E-state index in [4.69, 9.17) is 11.6 Å². The van der Waals surface area contributed by atoms with Crippen molar-refractivity contribution in [2.45, 2.75) is 26.4 Å². The van der Waals surface area contributed by atoms with Gasteiger partial charge in [0.1, 0.15) is 11.1 Å². The molecule has 0 bridgehead atoms. The molecule has 4 nitrogen and oxygen atoms in total. The van der Waals surface area contributed by atoms with Crippen molar-refractivity contribution in [1.82, 2.24) is 5.43 Å². The molecule has 2 unspecified atom stereocenters. The molecule has 18 heavy (non-hydrogen) atoms. The normalized spacial score (nSPS) is 27.6. The summed E-state index contributed by atoms with van der Waals surface area (Å²) in [4.78, 5) is 8.97. The summed E-state index contributed by atoms with van der Waals surface area (Å²) >= 11 is 6.21. The molecule has 2 aliphatic rings. The van der Waals surface area contributed by atoms with Crippen molar-refractivity contribution in [3.63, 3.8) is 0 Å². The summed E-state index contributed by atoms with van der Waals surface area (Å²) in [6.45, 7) is 4.02. The summed E-state index contributed by atoms with van der Waals surface area (Å²) in [5.41, 5.74) is 4.28. The number of nitrogens with zero attached hydrogens (tertiary/aromatic N) is 3. The summed E-state index contributed by atoms with van der Waals surface area (Å²) in [7, 11) is 1.94. The molecule has 0 amide bonds. The topological polar surface area (TPSA) is 39.8 Å². The Morgan fingerprint density at radius 3 is 3.11 bits per heavy atom. The minimum absolute atomic E-state index is 0.0277. The number of nitrogens with one attached hydrogen (secondary N) is 1. The Kier molecular flexibility index (Phi) is 3.97. The van der Waals surface area contributed by atoms with Crippen LogP contribution in [0.2, 0.25) is 0 Å². The number of allylic oxidation sites excluding steroid dienone is 3. The van der Waals surface area contributed by atoms with Crippen molar-refractivity contribution in [2.75, 3.05) is 7.05 Å². The Morgan fingerprint density at radius 2 is 2.39 bits per heavy atom. The van der Waals surface area contributed by atoms with Gasteiger partial charge in [0, 0.05) is 0 Å². The molecule has 0 aromatic heterocycles. The van der Waals surface area contributed by atoms with E-state index in [0.717, 1.165) is 17.8 Å². The van der Waals surface area contributed by atoms with Crippen molar-refractivity contribution in [3.05, 3.63) is 23.8 Å². The summed E-state index contributed by atoms with van der Waals surface area (Å²) in [6, 6.07) is 0. The van der Waals surface area contributed by atoms with E-state index in [9.17, 15) is 0 Å². The van der Waals surface area contributed by atoms with E-state index in [0.29, 0.717) is 5.17 Å². The van der Waals surface area contributed by atoms with Crippen LogP contribution in [0.3, 0.4) is 0 Å². The van der Waals surface area contributed by atoms with E-state index in [1.807, 2.05) is 37.9 Å². The lowest BCUT2D eigenvalue weighted by Gasteiger charge is -2.16. The first-order valence-corrected chi connectivity index (χ1v) is 6.43. The number of hydrogen-bond acceptors (Lipinski definition) is 3. The molecule has 96 valence electrons. The van der Waals surface area contributed by atoms with E-state index in [-0.39, 0.29) is 12.1 Å². The fraction of sp³-hybridized carbons (Fsp3) is 0.462. The van der Waals surface area contributed by atoms with Crippen LogP contribution >= 0.6 is 11.6 Å². The number of fused-ring (bicyclic) bond motifs is 1. The van der Waals surface area contributed by atoms with Crippen LogP contribution in [0, 0.1) is 5.92 Å². The molecule has 2 heterocycles. The van der Waals surface area contributed by atoms with Crippen LogP contribution < -0.4 is 5.43 Å². The summed E-state index contributed by atoms with van der Waals surface area (Å²) in [6.07, 6.45) is 9.09. The molecular formula is C13H18ClN4+. The zero-order valence-electron chi connectivity index (χ0n) is 10.9. The van der Waals surface area contributed by atoms with Gasteiger partial charge in [-0.1, -0.05) is 29.8 Å². The molecular weight excluding hydrogens is 248 g/mol. The van der Waals surface area contributed by atoms with E-state index >= 15 is 0 Å². The van der Waals surface area contributed by atoms with Gasteiger partial charge in [0.2, 0.25) is 0 Å². The lowest BCUT2D eigenvalue weighted by Crippen LogP contribution is -2.36. The van der Waals surface area contributed by atoms with Gasteiger partial charge in [-0.25, -0.2) is 9.98 Å². The average Bonchev–Trinajstić information content (AvgIpc) is 2.70. The fourth-order valence-electron chi connectivity index (χ4n) is 1.95. The first-order valence-electron chi connectivity index (χ1n) is 6.06.